The second-order valence-electron chi connectivity index (χ2n) is 6.96. The number of halogens is 1. The third-order valence-electron chi connectivity index (χ3n) is 4.77. The summed E-state index contributed by atoms with van der Waals surface area (Å²) in [6.07, 6.45) is 1.61. The fourth-order valence-electron chi connectivity index (χ4n) is 3.25. The van der Waals surface area contributed by atoms with Crippen LogP contribution in [0.4, 0.5) is 0 Å². The lowest BCUT2D eigenvalue weighted by atomic mass is 9.98. The molecule has 2 aromatic carbocycles. The number of benzene rings is 2. The largest absolute Gasteiger partial charge is 0.507 e. The maximum atomic E-state index is 12.8. The summed E-state index contributed by atoms with van der Waals surface area (Å²) >= 11 is 5.89. The van der Waals surface area contributed by atoms with Crippen LogP contribution in [0.1, 0.15) is 48.5 Å². The number of phenolic OH excluding ortho intramolecular Hbond substituents is 1. The van der Waals surface area contributed by atoms with Crippen molar-refractivity contribution in [2.45, 2.75) is 38.7 Å². The van der Waals surface area contributed by atoms with E-state index in [0.717, 1.165) is 24.2 Å². The molecule has 138 valence electrons. The van der Waals surface area contributed by atoms with Crippen molar-refractivity contribution in [3.8, 4) is 11.5 Å². The molecule has 0 spiro atoms. The lowest BCUT2D eigenvalue weighted by Crippen LogP contribution is -2.41. The van der Waals surface area contributed by atoms with Crippen LogP contribution in [0.5, 0.6) is 11.5 Å². The fourth-order valence-corrected chi connectivity index (χ4v) is 3.38. The van der Waals surface area contributed by atoms with Gasteiger partial charge in [0.15, 0.2) is 0 Å². The number of carbonyl (C=O) groups excluding carboxylic acids is 1. The van der Waals surface area contributed by atoms with Gasteiger partial charge in [-0.1, -0.05) is 37.6 Å². The van der Waals surface area contributed by atoms with Crippen molar-refractivity contribution in [1.82, 2.24) is 4.90 Å². The average molecular weight is 374 g/mol. The van der Waals surface area contributed by atoms with E-state index in [0.29, 0.717) is 23.7 Å². The van der Waals surface area contributed by atoms with Crippen molar-refractivity contribution in [3.63, 3.8) is 0 Å². The molecule has 0 atom stereocenters. The minimum atomic E-state index is -0.116. The van der Waals surface area contributed by atoms with Crippen LogP contribution in [0, 0.1) is 0 Å². The Morgan fingerprint density at radius 1 is 1.15 bits per heavy atom. The van der Waals surface area contributed by atoms with E-state index in [4.69, 9.17) is 16.3 Å². The molecular weight excluding hydrogens is 350 g/mol. The van der Waals surface area contributed by atoms with Gasteiger partial charge in [-0.3, -0.25) is 4.79 Å². The zero-order chi connectivity index (χ0) is 18.7. The SMILES string of the molecule is CC(C)c1cccc(C(=O)N2CCC(Oc3ccc(Cl)cc3)CC2)c1O. The quantitative estimate of drug-likeness (QED) is 0.833. The van der Waals surface area contributed by atoms with Crippen LogP contribution in [0.2, 0.25) is 5.02 Å². The highest BCUT2D eigenvalue weighted by molar-refractivity contribution is 6.30. The molecule has 3 rings (SSSR count). The van der Waals surface area contributed by atoms with Crippen LogP contribution in [0.15, 0.2) is 42.5 Å². The summed E-state index contributed by atoms with van der Waals surface area (Å²) in [5.41, 5.74) is 1.19. The van der Waals surface area contributed by atoms with E-state index in [1.807, 2.05) is 38.1 Å². The smallest absolute Gasteiger partial charge is 0.257 e. The van der Waals surface area contributed by atoms with Crippen molar-refractivity contribution >= 4 is 17.5 Å². The Labute approximate surface area is 159 Å². The molecule has 0 saturated carbocycles. The molecule has 1 aliphatic rings. The number of likely N-dealkylation sites (tertiary alicyclic amines) is 1. The van der Waals surface area contributed by atoms with Crippen LogP contribution >= 0.6 is 11.6 Å². The van der Waals surface area contributed by atoms with E-state index in [-0.39, 0.29) is 23.7 Å². The highest BCUT2D eigenvalue weighted by Crippen LogP contribution is 2.30. The number of hydrogen-bond acceptors (Lipinski definition) is 3. The molecule has 1 amide bonds. The number of aromatic hydroxyl groups is 1. The monoisotopic (exact) mass is 373 g/mol. The molecule has 26 heavy (non-hydrogen) atoms. The normalized spacial score (nSPS) is 15.3. The maximum absolute atomic E-state index is 12.8. The molecule has 0 unspecified atom stereocenters. The molecule has 0 bridgehead atoms. The van der Waals surface area contributed by atoms with Gasteiger partial charge in [0.05, 0.1) is 5.56 Å². The van der Waals surface area contributed by atoms with Crippen LogP contribution < -0.4 is 4.74 Å². The lowest BCUT2D eigenvalue weighted by Gasteiger charge is -2.32. The van der Waals surface area contributed by atoms with Gasteiger partial charge < -0.3 is 14.7 Å². The Morgan fingerprint density at radius 3 is 2.42 bits per heavy atom. The summed E-state index contributed by atoms with van der Waals surface area (Å²) in [5, 5.41) is 11.1. The first kappa shape index (κ1) is 18.6. The number of piperidine rings is 1. The third-order valence-corrected chi connectivity index (χ3v) is 5.02. The molecule has 1 N–H and O–H groups in total. The van der Waals surface area contributed by atoms with E-state index < -0.39 is 0 Å². The molecule has 1 heterocycles. The van der Waals surface area contributed by atoms with Gasteiger partial charge in [-0.05, 0) is 41.8 Å². The van der Waals surface area contributed by atoms with Crippen molar-refractivity contribution in [3.05, 3.63) is 58.6 Å². The molecule has 0 aliphatic carbocycles. The molecular formula is C21H24ClNO3. The first-order valence-electron chi connectivity index (χ1n) is 8.99. The summed E-state index contributed by atoms with van der Waals surface area (Å²) < 4.78 is 5.97. The highest BCUT2D eigenvalue weighted by Gasteiger charge is 2.27. The number of hydrogen-bond donors (Lipinski definition) is 1. The summed E-state index contributed by atoms with van der Waals surface area (Å²) in [5.74, 6) is 0.949. The van der Waals surface area contributed by atoms with E-state index in [2.05, 4.69) is 0 Å². The summed E-state index contributed by atoms with van der Waals surface area (Å²) in [6, 6.07) is 12.7. The predicted octanol–water partition coefficient (Wildman–Crippen LogP) is 4.85. The minimum absolute atomic E-state index is 0.0795. The van der Waals surface area contributed by atoms with Gasteiger partial charge in [0.25, 0.3) is 5.91 Å². The van der Waals surface area contributed by atoms with Crippen LogP contribution in [0.3, 0.4) is 0 Å². The Hall–Kier alpha value is -2.20. The second-order valence-corrected chi connectivity index (χ2v) is 7.40. The molecule has 1 fully saturated rings. The minimum Gasteiger partial charge on any atom is -0.507 e. The van der Waals surface area contributed by atoms with Crippen LogP contribution in [-0.2, 0) is 0 Å². The number of carbonyl (C=O) groups is 1. The topological polar surface area (TPSA) is 49.8 Å². The molecule has 4 nitrogen and oxygen atoms in total. The second kappa shape index (κ2) is 8.00. The number of phenols is 1. The standard InChI is InChI=1S/C21H24ClNO3/c1-14(2)18-4-3-5-19(20(18)24)21(25)23-12-10-17(11-13-23)26-16-8-6-15(22)7-9-16/h3-9,14,17,24H,10-13H2,1-2H3. The first-order valence-corrected chi connectivity index (χ1v) is 9.37. The van der Waals surface area contributed by atoms with Crippen LogP contribution in [0.25, 0.3) is 0 Å². The molecule has 2 aromatic rings. The Kier molecular flexibility index (Phi) is 5.72. The summed E-state index contributed by atoms with van der Waals surface area (Å²) in [6.45, 7) is 5.23. The van der Waals surface area contributed by atoms with E-state index in [1.165, 1.54) is 0 Å². The first-order chi connectivity index (χ1) is 12.5. The third kappa shape index (κ3) is 4.13. The van der Waals surface area contributed by atoms with Gasteiger partial charge >= 0.3 is 0 Å². The summed E-state index contributed by atoms with van der Waals surface area (Å²) in [4.78, 5) is 14.6. The number of rotatable bonds is 4. The summed E-state index contributed by atoms with van der Waals surface area (Å²) in [7, 11) is 0. The zero-order valence-corrected chi connectivity index (χ0v) is 15.9. The van der Waals surface area contributed by atoms with Gasteiger partial charge in [0, 0.05) is 31.0 Å². The Bertz CT molecular complexity index is 765. The van der Waals surface area contributed by atoms with Crippen molar-refractivity contribution in [1.29, 1.82) is 0 Å². The van der Waals surface area contributed by atoms with E-state index in [9.17, 15) is 9.90 Å². The Balaban J connectivity index is 1.62. The zero-order valence-electron chi connectivity index (χ0n) is 15.1. The number of nitrogens with zero attached hydrogens (tertiary/aromatic N) is 1. The number of amides is 1. The van der Waals surface area contributed by atoms with Gasteiger partial charge in [-0.2, -0.15) is 0 Å². The van der Waals surface area contributed by atoms with Crippen molar-refractivity contribution < 1.29 is 14.6 Å². The number of ether oxygens (including phenoxy) is 1. The fraction of sp³-hybridized carbons (Fsp3) is 0.381. The van der Waals surface area contributed by atoms with Crippen LogP contribution in [-0.4, -0.2) is 35.1 Å². The predicted molar refractivity (Wildman–Crippen MR) is 103 cm³/mol. The van der Waals surface area contributed by atoms with Gasteiger partial charge in [-0.15, -0.1) is 0 Å². The van der Waals surface area contributed by atoms with E-state index >= 15 is 0 Å². The molecule has 0 aromatic heterocycles. The van der Waals surface area contributed by atoms with E-state index in [1.54, 1.807) is 23.1 Å². The van der Waals surface area contributed by atoms with Gasteiger partial charge in [-0.25, -0.2) is 0 Å². The average Bonchev–Trinajstić information content (AvgIpc) is 2.64. The molecule has 1 saturated heterocycles. The number of para-hydroxylation sites is 1. The Morgan fingerprint density at radius 2 is 1.81 bits per heavy atom. The molecule has 5 heteroatoms. The molecule has 1 aliphatic heterocycles. The highest BCUT2D eigenvalue weighted by atomic mass is 35.5. The lowest BCUT2D eigenvalue weighted by molar-refractivity contribution is 0.0593. The van der Waals surface area contributed by atoms with Gasteiger partial charge in [0.2, 0.25) is 0 Å². The maximum Gasteiger partial charge on any atom is 0.257 e. The van der Waals surface area contributed by atoms with Crippen molar-refractivity contribution in [2.75, 3.05) is 13.1 Å². The van der Waals surface area contributed by atoms with Gasteiger partial charge in [0.1, 0.15) is 17.6 Å². The molecule has 0 radical (unpaired) electrons. The van der Waals surface area contributed by atoms with Crippen molar-refractivity contribution in [2.24, 2.45) is 0 Å².